The van der Waals surface area contributed by atoms with Gasteiger partial charge in [-0.1, -0.05) is 12.1 Å². The molecule has 1 aromatic carbocycles. The minimum absolute atomic E-state index is 0.218. The van der Waals surface area contributed by atoms with Gasteiger partial charge in [0.15, 0.2) is 0 Å². The Bertz CT molecular complexity index is 643. The second-order valence-electron chi connectivity index (χ2n) is 9.27. The first-order chi connectivity index (χ1) is 11.6. The molecule has 6 heteroatoms. The molecule has 1 heterocycles. The quantitative estimate of drug-likeness (QED) is 0.446. The second kappa shape index (κ2) is 6.88. The molecule has 4 nitrogen and oxygen atoms in total. The Morgan fingerprint density at radius 1 is 0.962 bits per heavy atom. The maximum Gasteiger partial charge on any atom is 0.494 e. The van der Waals surface area contributed by atoms with Crippen molar-refractivity contribution in [3.8, 4) is 0 Å². The topological polar surface area (TPSA) is 44.8 Å². The average molecular weight is 378 g/mol. The van der Waals surface area contributed by atoms with E-state index in [0.717, 1.165) is 10.4 Å². The maximum absolute atomic E-state index is 12.4. The van der Waals surface area contributed by atoms with Crippen LogP contribution in [0.15, 0.2) is 29.2 Å². The van der Waals surface area contributed by atoms with E-state index in [-0.39, 0.29) is 24.3 Å². The van der Waals surface area contributed by atoms with Gasteiger partial charge in [0.2, 0.25) is 0 Å². The first kappa shape index (κ1) is 21.3. The summed E-state index contributed by atoms with van der Waals surface area (Å²) >= 11 is 1.49. The van der Waals surface area contributed by atoms with Crippen LogP contribution in [0.5, 0.6) is 0 Å². The number of rotatable bonds is 4. The van der Waals surface area contributed by atoms with Gasteiger partial charge < -0.3 is 14.0 Å². The Morgan fingerprint density at radius 3 is 1.85 bits per heavy atom. The van der Waals surface area contributed by atoms with Gasteiger partial charge in [0.05, 0.1) is 11.2 Å². The highest BCUT2D eigenvalue weighted by atomic mass is 32.2. The van der Waals surface area contributed by atoms with E-state index >= 15 is 0 Å². The monoisotopic (exact) mass is 378 g/mol. The largest absolute Gasteiger partial charge is 0.494 e. The van der Waals surface area contributed by atoms with Crippen LogP contribution in [0.25, 0.3) is 0 Å². The normalized spacial score (nSPS) is 19.5. The Balaban J connectivity index is 2.07. The molecule has 1 aliphatic heterocycles. The summed E-state index contributed by atoms with van der Waals surface area (Å²) in [6.07, 6.45) is 0. The van der Waals surface area contributed by atoms with Gasteiger partial charge in [-0.05, 0) is 79.9 Å². The second-order valence-corrected chi connectivity index (χ2v) is 11.0. The fourth-order valence-electron chi connectivity index (χ4n) is 2.41. The van der Waals surface area contributed by atoms with Crippen LogP contribution in [0.4, 0.5) is 0 Å². The number of benzene rings is 1. The molecule has 0 N–H and O–H groups in total. The van der Waals surface area contributed by atoms with Crippen LogP contribution in [0.1, 0.15) is 62.3 Å². The average Bonchev–Trinajstić information content (AvgIpc) is 2.66. The summed E-state index contributed by atoms with van der Waals surface area (Å²) in [6, 6.07) is 7.99. The van der Waals surface area contributed by atoms with E-state index in [1.54, 1.807) is 0 Å². The molecule has 0 radical (unpaired) electrons. The van der Waals surface area contributed by atoms with E-state index in [1.165, 1.54) is 11.8 Å². The smallest absolute Gasteiger partial charge is 0.459 e. The van der Waals surface area contributed by atoms with Crippen molar-refractivity contribution in [2.75, 3.05) is 0 Å². The Morgan fingerprint density at radius 2 is 1.42 bits per heavy atom. The first-order valence-electron chi connectivity index (χ1n) is 9.01. The molecule has 144 valence electrons. The number of esters is 1. The Hall–Kier alpha value is -0.975. The van der Waals surface area contributed by atoms with Crippen molar-refractivity contribution < 1.29 is 18.8 Å². The first-order valence-corrected chi connectivity index (χ1v) is 9.83. The Kier molecular flexibility index (Phi) is 5.64. The van der Waals surface area contributed by atoms with Gasteiger partial charge in [0.1, 0.15) is 10.3 Å². The maximum atomic E-state index is 12.4. The van der Waals surface area contributed by atoms with Crippen LogP contribution >= 0.6 is 11.8 Å². The van der Waals surface area contributed by atoms with Crippen molar-refractivity contribution >= 4 is 30.3 Å². The van der Waals surface area contributed by atoms with Crippen molar-refractivity contribution in [1.29, 1.82) is 0 Å². The number of thioether (sulfide) groups is 1. The van der Waals surface area contributed by atoms with Crippen LogP contribution in [0.3, 0.4) is 0 Å². The van der Waals surface area contributed by atoms with Gasteiger partial charge in [-0.15, -0.1) is 11.8 Å². The molecular weight excluding hydrogens is 347 g/mol. The molecule has 0 amide bonds. The molecule has 0 bridgehead atoms. The third-order valence-corrected chi connectivity index (χ3v) is 5.85. The fraction of sp³-hybridized carbons (Fsp3) is 0.650. The molecule has 2 rings (SSSR count). The predicted octanol–water partition coefficient (Wildman–Crippen LogP) is 4.20. The minimum atomic E-state index is -0.668. The molecule has 26 heavy (non-hydrogen) atoms. The fourth-order valence-corrected chi connectivity index (χ4v) is 3.40. The van der Waals surface area contributed by atoms with Crippen LogP contribution in [-0.4, -0.2) is 34.6 Å². The van der Waals surface area contributed by atoms with E-state index in [9.17, 15) is 4.79 Å². The minimum Gasteiger partial charge on any atom is -0.459 e. The lowest BCUT2D eigenvalue weighted by Gasteiger charge is -2.32. The van der Waals surface area contributed by atoms with Gasteiger partial charge in [-0.3, -0.25) is 4.79 Å². The predicted molar refractivity (Wildman–Crippen MR) is 108 cm³/mol. The lowest BCUT2D eigenvalue weighted by molar-refractivity contribution is -0.156. The summed E-state index contributed by atoms with van der Waals surface area (Å²) in [5.74, 6) is -0.218. The molecule has 0 unspecified atom stereocenters. The van der Waals surface area contributed by atoms with Gasteiger partial charge in [-0.25, -0.2) is 0 Å². The summed E-state index contributed by atoms with van der Waals surface area (Å²) < 4.78 is 17.0. The van der Waals surface area contributed by atoms with Crippen LogP contribution in [0.2, 0.25) is 0 Å². The molecule has 0 spiro atoms. The molecule has 1 aromatic rings. The van der Waals surface area contributed by atoms with E-state index in [0.29, 0.717) is 0 Å². The molecule has 0 atom stereocenters. The number of hydrogen-bond acceptors (Lipinski definition) is 5. The number of hydrogen-bond donors (Lipinski definition) is 0. The lowest BCUT2D eigenvalue weighted by atomic mass is 9.79. The lowest BCUT2D eigenvalue weighted by Crippen LogP contribution is -2.41. The molecule has 0 aromatic heterocycles. The van der Waals surface area contributed by atoms with E-state index in [4.69, 9.17) is 14.0 Å². The van der Waals surface area contributed by atoms with Crippen molar-refractivity contribution in [3.63, 3.8) is 0 Å². The third-order valence-electron chi connectivity index (χ3n) is 4.67. The third kappa shape index (κ3) is 4.84. The summed E-state index contributed by atoms with van der Waals surface area (Å²) in [5.41, 5.74) is -0.230. The van der Waals surface area contributed by atoms with Crippen LogP contribution in [-0.2, 0) is 18.8 Å². The summed E-state index contributed by atoms with van der Waals surface area (Å²) in [5, 5.41) is 0. The summed E-state index contributed by atoms with van der Waals surface area (Å²) in [4.78, 5) is 13.4. The number of carbonyl (C=O) groups is 1. The van der Waals surface area contributed by atoms with Crippen molar-refractivity contribution in [2.45, 2.75) is 88.8 Å². The SMILES string of the molecule is CC(C)(C)OC(=O)C(C)(C)Sc1ccc(B2OC(C)(C)C(C)(C)O2)cc1. The van der Waals surface area contributed by atoms with Crippen molar-refractivity contribution in [1.82, 2.24) is 0 Å². The zero-order valence-corrected chi connectivity index (χ0v) is 18.2. The van der Waals surface area contributed by atoms with Gasteiger partial charge in [0.25, 0.3) is 0 Å². The molecule has 1 aliphatic rings. The van der Waals surface area contributed by atoms with Gasteiger partial charge in [-0.2, -0.15) is 0 Å². The highest BCUT2D eigenvalue weighted by Crippen LogP contribution is 2.37. The Labute approximate surface area is 162 Å². The molecule has 0 aliphatic carbocycles. The number of carbonyl (C=O) groups excluding carboxylic acids is 1. The molecule has 0 saturated carbocycles. The van der Waals surface area contributed by atoms with E-state index < -0.39 is 10.3 Å². The van der Waals surface area contributed by atoms with Crippen LogP contribution in [0, 0.1) is 0 Å². The summed E-state index contributed by atoms with van der Waals surface area (Å²) in [7, 11) is -0.377. The number of ether oxygens (including phenoxy) is 1. The van der Waals surface area contributed by atoms with Crippen molar-refractivity contribution in [3.05, 3.63) is 24.3 Å². The molecule has 1 fully saturated rings. The molecule has 1 saturated heterocycles. The molecular formula is C20H31BO4S. The summed E-state index contributed by atoms with van der Waals surface area (Å²) in [6.45, 7) is 17.6. The zero-order chi connectivity index (χ0) is 20.0. The van der Waals surface area contributed by atoms with Crippen LogP contribution < -0.4 is 5.46 Å². The highest BCUT2D eigenvalue weighted by Gasteiger charge is 2.51. The van der Waals surface area contributed by atoms with Gasteiger partial charge >= 0.3 is 13.1 Å². The van der Waals surface area contributed by atoms with Gasteiger partial charge in [0, 0.05) is 4.90 Å². The zero-order valence-electron chi connectivity index (χ0n) is 17.4. The van der Waals surface area contributed by atoms with Crippen molar-refractivity contribution in [2.24, 2.45) is 0 Å². The standard InChI is InChI=1S/C20H31BO4S/c1-17(2,3)23-16(22)18(4,5)26-15-12-10-14(11-13-15)21-24-19(6,7)20(8,9)25-21/h10-13H,1-9H3. The van der Waals surface area contributed by atoms with E-state index in [1.807, 2.05) is 86.6 Å². The highest BCUT2D eigenvalue weighted by molar-refractivity contribution is 8.01. The van der Waals surface area contributed by atoms with E-state index in [2.05, 4.69) is 0 Å².